The molecule has 2 N–H and O–H groups in total. The standard InChI is InChI=1S/C14H20BrNO2/c1-4-10(5-2)9(3)16-11-6-7-12(14(17)18)13(15)8-11/h6-10,16H,4-5H2,1-3H3,(H,17,18). The van der Waals surface area contributed by atoms with Crippen molar-refractivity contribution in [3.8, 4) is 0 Å². The Morgan fingerprint density at radius 2 is 2.00 bits per heavy atom. The van der Waals surface area contributed by atoms with Crippen LogP contribution in [0.25, 0.3) is 0 Å². The molecule has 0 spiro atoms. The minimum Gasteiger partial charge on any atom is -0.478 e. The molecule has 0 fully saturated rings. The molecule has 0 aliphatic carbocycles. The van der Waals surface area contributed by atoms with Crippen molar-refractivity contribution in [3.63, 3.8) is 0 Å². The minimum atomic E-state index is -0.915. The molecule has 100 valence electrons. The van der Waals surface area contributed by atoms with Gasteiger partial charge in [0.05, 0.1) is 5.56 Å². The maximum absolute atomic E-state index is 10.9. The van der Waals surface area contributed by atoms with Gasteiger partial charge in [-0.25, -0.2) is 4.79 Å². The molecule has 4 heteroatoms. The van der Waals surface area contributed by atoms with Crippen LogP contribution in [0.2, 0.25) is 0 Å². The van der Waals surface area contributed by atoms with E-state index in [2.05, 4.69) is 42.0 Å². The highest BCUT2D eigenvalue weighted by molar-refractivity contribution is 9.10. The summed E-state index contributed by atoms with van der Waals surface area (Å²) in [5.41, 5.74) is 1.24. The number of nitrogens with one attached hydrogen (secondary N) is 1. The number of halogens is 1. The molecule has 1 aromatic rings. The molecular formula is C14H20BrNO2. The van der Waals surface area contributed by atoms with Gasteiger partial charge in [-0.1, -0.05) is 26.7 Å². The van der Waals surface area contributed by atoms with E-state index >= 15 is 0 Å². The van der Waals surface area contributed by atoms with Crippen LogP contribution >= 0.6 is 15.9 Å². The lowest BCUT2D eigenvalue weighted by atomic mass is 9.95. The summed E-state index contributed by atoms with van der Waals surface area (Å²) >= 11 is 3.29. The molecule has 1 unspecified atom stereocenters. The van der Waals surface area contributed by atoms with Crippen LogP contribution in [0.5, 0.6) is 0 Å². The Hall–Kier alpha value is -1.03. The van der Waals surface area contributed by atoms with Gasteiger partial charge in [0.1, 0.15) is 0 Å². The van der Waals surface area contributed by atoms with E-state index in [1.54, 1.807) is 6.07 Å². The van der Waals surface area contributed by atoms with E-state index in [0.29, 0.717) is 16.4 Å². The number of rotatable bonds is 6. The first-order chi connectivity index (χ1) is 8.49. The van der Waals surface area contributed by atoms with Gasteiger partial charge in [0.25, 0.3) is 0 Å². The van der Waals surface area contributed by atoms with Crippen molar-refractivity contribution in [3.05, 3.63) is 28.2 Å². The highest BCUT2D eigenvalue weighted by Gasteiger charge is 2.14. The van der Waals surface area contributed by atoms with Crippen molar-refractivity contribution in [2.45, 2.75) is 39.7 Å². The molecule has 0 saturated heterocycles. The summed E-state index contributed by atoms with van der Waals surface area (Å²) in [5, 5.41) is 12.4. The molecular weight excluding hydrogens is 294 g/mol. The zero-order chi connectivity index (χ0) is 13.7. The number of hydrogen-bond acceptors (Lipinski definition) is 2. The maximum Gasteiger partial charge on any atom is 0.336 e. The van der Waals surface area contributed by atoms with Crippen molar-refractivity contribution in [1.29, 1.82) is 0 Å². The molecule has 1 aromatic carbocycles. The number of carbonyl (C=O) groups is 1. The van der Waals surface area contributed by atoms with Crippen LogP contribution in [-0.4, -0.2) is 17.1 Å². The molecule has 0 aromatic heterocycles. The Bertz CT molecular complexity index is 416. The number of aromatic carboxylic acids is 1. The summed E-state index contributed by atoms with van der Waals surface area (Å²) in [4.78, 5) is 10.9. The zero-order valence-corrected chi connectivity index (χ0v) is 12.6. The van der Waals surface area contributed by atoms with Gasteiger partial charge < -0.3 is 10.4 Å². The summed E-state index contributed by atoms with van der Waals surface area (Å²) in [5.74, 6) is -0.288. The number of carboxylic acid groups (broad SMARTS) is 1. The van der Waals surface area contributed by atoms with E-state index in [1.165, 1.54) is 0 Å². The molecule has 0 aliphatic rings. The quantitative estimate of drug-likeness (QED) is 0.819. The Kier molecular flexibility index (Phi) is 5.66. The van der Waals surface area contributed by atoms with Crippen LogP contribution in [-0.2, 0) is 0 Å². The van der Waals surface area contributed by atoms with Gasteiger partial charge in [-0.15, -0.1) is 0 Å². The van der Waals surface area contributed by atoms with Gasteiger partial charge >= 0.3 is 5.97 Å². The highest BCUT2D eigenvalue weighted by atomic mass is 79.9. The SMILES string of the molecule is CCC(CC)C(C)Nc1ccc(C(=O)O)c(Br)c1. The van der Waals surface area contributed by atoms with Crippen molar-refractivity contribution >= 4 is 27.6 Å². The average molecular weight is 314 g/mol. The number of hydrogen-bond donors (Lipinski definition) is 2. The smallest absolute Gasteiger partial charge is 0.336 e. The van der Waals surface area contributed by atoms with Crippen LogP contribution in [0.1, 0.15) is 44.0 Å². The number of anilines is 1. The van der Waals surface area contributed by atoms with Crippen LogP contribution in [0, 0.1) is 5.92 Å². The highest BCUT2D eigenvalue weighted by Crippen LogP contribution is 2.24. The molecule has 0 amide bonds. The van der Waals surface area contributed by atoms with E-state index in [9.17, 15) is 4.79 Å². The Morgan fingerprint density at radius 3 is 2.44 bits per heavy atom. The monoisotopic (exact) mass is 313 g/mol. The number of carboxylic acids is 1. The second kappa shape index (κ2) is 6.78. The summed E-state index contributed by atoms with van der Waals surface area (Å²) < 4.78 is 0.608. The third kappa shape index (κ3) is 3.73. The van der Waals surface area contributed by atoms with Crippen LogP contribution in [0.3, 0.4) is 0 Å². The number of benzene rings is 1. The van der Waals surface area contributed by atoms with E-state index in [-0.39, 0.29) is 5.56 Å². The predicted molar refractivity (Wildman–Crippen MR) is 78.3 cm³/mol. The summed E-state index contributed by atoms with van der Waals surface area (Å²) in [6.45, 7) is 6.54. The first-order valence-electron chi connectivity index (χ1n) is 6.28. The zero-order valence-electron chi connectivity index (χ0n) is 11.0. The summed E-state index contributed by atoms with van der Waals surface area (Å²) in [6.07, 6.45) is 2.28. The van der Waals surface area contributed by atoms with Crippen LogP contribution < -0.4 is 5.32 Å². The third-order valence-electron chi connectivity index (χ3n) is 3.35. The first-order valence-corrected chi connectivity index (χ1v) is 7.08. The van der Waals surface area contributed by atoms with Crippen molar-refractivity contribution in [2.75, 3.05) is 5.32 Å². The van der Waals surface area contributed by atoms with Crippen molar-refractivity contribution < 1.29 is 9.90 Å². The van der Waals surface area contributed by atoms with Crippen molar-refractivity contribution in [2.24, 2.45) is 5.92 Å². The molecule has 1 atom stereocenters. The fourth-order valence-electron chi connectivity index (χ4n) is 2.15. The molecule has 0 saturated carbocycles. The first kappa shape index (κ1) is 15.0. The Balaban J connectivity index is 2.80. The third-order valence-corrected chi connectivity index (χ3v) is 4.01. The van der Waals surface area contributed by atoms with Crippen LogP contribution in [0.4, 0.5) is 5.69 Å². The minimum absolute atomic E-state index is 0.288. The van der Waals surface area contributed by atoms with Gasteiger partial charge in [0, 0.05) is 16.2 Å². The summed E-state index contributed by atoms with van der Waals surface area (Å²) in [6, 6.07) is 5.63. The molecule has 0 heterocycles. The molecule has 1 rings (SSSR count). The second-order valence-electron chi connectivity index (χ2n) is 4.51. The Labute approximate surface area is 117 Å². The topological polar surface area (TPSA) is 49.3 Å². The average Bonchev–Trinajstić information content (AvgIpc) is 2.30. The van der Waals surface area contributed by atoms with Gasteiger partial charge in [0.2, 0.25) is 0 Å². The fraction of sp³-hybridized carbons (Fsp3) is 0.500. The lowest BCUT2D eigenvalue weighted by molar-refractivity contribution is 0.0696. The van der Waals surface area contributed by atoms with E-state index in [1.807, 2.05) is 12.1 Å². The lowest BCUT2D eigenvalue weighted by Crippen LogP contribution is -2.25. The van der Waals surface area contributed by atoms with Crippen LogP contribution in [0.15, 0.2) is 22.7 Å². The Morgan fingerprint density at radius 1 is 1.39 bits per heavy atom. The van der Waals surface area contributed by atoms with Crippen molar-refractivity contribution in [1.82, 2.24) is 0 Å². The van der Waals surface area contributed by atoms with Gasteiger partial charge in [0.15, 0.2) is 0 Å². The fourth-order valence-corrected chi connectivity index (χ4v) is 2.70. The largest absolute Gasteiger partial charge is 0.478 e. The molecule has 3 nitrogen and oxygen atoms in total. The van der Waals surface area contributed by atoms with E-state index in [4.69, 9.17) is 5.11 Å². The molecule has 0 aliphatic heterocycles. The summed E-state index contributed by atoms with van der Waals surface area (Å²) in [7, 11) is 0. The normalized spacial score (nSPS) is 12.5. The van der Waals surface area contributed by atoms with Gasteiger partial charge in [-0.2, -0.15) is 0 Å². The lowest BCUT2D eigenvalue weighted by Gasteiger charge is -2.23. The maximum atomic E-state index is 10.9. The molecule has 0 bridgehead atoms. The van der Waals surface area contributed by atoms with E-state index < -0.39 is 5.97 Å². The second-order valence-corrected chi connectivity index (χ2v) is 5.36. The van der Waals surface area contributed by atoms with Gasteiger partial charge in [-0.3, -0.25) is 0 Å². The molecule has 18 heavy (non-hydrogen) atoms. The molecule has 0 radical (unpaired) electrons. The van der Waals surface area contributed by atoms with Gasteiger partial charge in [-0.05, 0) is 47.0 Å². The van der Waals surface area contributed by atoms with E-state index in [0.717, 1.165) is 18.5 Å². The predicted octanol–water partition coefficient (Wildman–Crippen LogP) is 4.38.